The van der Waals surface area contributed by atoms with Crippen molar-refractivity contribution in [1.29, 1.82) is 0 Å². The van der Waals surface area contributed by atoms with Gasteiger partial charge in [0, 0.05) is 28.5 Å². The highest BCUT2D eigenvalue weighted by atomic mass is 35.5. The molecule has 180 valence electrons. The Bertz CT molecular complexity index is 1260. The van der Waals surface area contributed by atoms with Gasteiger partial charge in [-0.3, -0.25) is 4.79 Å². The summed E-state index contributed by atoms with van der Waals surface area (Å²) >= 11 is 12.6. The molecule has 1 saturated carbocycles. The predicted octanol–water partition coefficient (Wildman–Crippen LogP) is 5.34. The second-order valence-electron chi connectivity index (χ2n) is 10.1. The van der Waals surface area contributed by atoms with Gasteiger partial charge in [-0.15, -0.1) is 5.10 Å². The first-order chi connectivity index (χ1) is 16.2. The SMILES string of the molecule is CCc1cc(C2(C3CC(C)(C(=O)OC)C3)CNC2)cc2c1nnn2[C@H](C)c1ccc(Cl)cc1Cl. The molecule has 1 N–H and O–H groups in total. The molecule has 6 nitrogen and oxygen atoms in total. The second kappa shape index (κ2) is 8.51. The lowest BCUT2D eigenvalue weighted by molar-refractivity contribution is -0.163. The Kier molecular flexibility index (Phi) is 5.90. The third kappa shape index (κ3) is 3.53. The number of halogens is 2. The minimum absolute atomic E-state index is 0.00188. The van der Waals surface area contributed by atoms with Crippen LogP contribution in [-0.2, 0) is 21.4 Å². The molecule has 1 aliphatic carbocycles. The fourth-order valence-corrected chi connectivity index (χ4v) is 6.45. The minimum Gasteiger partial charge on any atom is -0.469 e. The van der Waals surface area contributed by atoms with Crippen LogP contribution in [0.15, 0.2) is 30.3 Å². The molecule has 0 amide bonds. The van der Waals surface area contributed by atoms with Gasteiger partial charge in [0.1, 0.15) is 5.52 Å². The highest BCUT2D eigenvalue weighted by Crippen LogP contribution is 2.56. The van der Waals surface area contributed by atoms with Crippen LogP contribution in [0.1, 0.15) is 56.3 Å². The van der Waals surface area contributed by atoms with Crippen LogP contribution in [0.3, 0.4) is 0 Å². The molecule has 0 bridgehead atoms. The molecule has 3 aromatic rings. The first-order valence-corrected chi connectivity index (χ1v) is 12.6. The van der Waals surface area contributed by atoms with Gasteiger partial charge < -0.3 is 10.1 Å². The number of carbonyl (C=O) groups excluding carboxylic acids is 1. The van der Waals surface area contributed by atoms with E-state index in [1.807, 2.05) is 23.7 Å². The fraction of sp³-hybridized carbons (Fsp3) is 0.500. The van der Waals surface area contributed by atoms with Crippen molar-refractivity contribution in [2.75, 3.05) is 20.2 Å². The molecule has 1 atom stereocenters. The van der Waals surface area contributed by atoms with E-state index in [2.05, 4.69) is 41.6 Å². The zero-order valence-electron chi connectivity index (χ0n) is 20.0. The summed E-state index contributed by atoms with van der Waals surface area (Å²) in [4.78, 5) is 12.3. The van der Waals surface area contributed by atoms with Gasteiger partial charge in [0.2, 0.25) is 0 Å². The van der Waals surface area contributed by atoms with E-state index in [9.17, 15) is 4.79 Å². The number of methoxy groups -OCH3 is 1. The Labute approximate surface area is 209 Å². The minimum atomic E-state index is -0.386. The number of carbonyl (C=O) groups is 1. The van der Waals surface area contributed by atoms with E-state index in [1.165, 1.54) is 18.2 Å². The van der Waals surface area contributed by atoms with Gasteiger partial charge in [0.05, 0.1) is 24.1 Å². The molecule has 1 aliphatic heterocycles. The van der Waals surface area contributed by atoms with E-state index in [0.29, 0.717) is 16.0 Å². The Morgan fingerprint density at radius 1 is 1.26 bits per heavy atom. The van der Waals surface area contributed by atoms with Crippen molar-refractivity contribution in [3.05, 3.63) is 57.1 Å². The van der Waals surface area contributed by atoms with Crippen molar-refractivity contribution in [2.45, 2.75) is 51.5 Å². The molecule has 34 heavy (non-hydrogen) atoms. The maximum Gasteiger partial charge on any atom is 0.311 e. The highest BCUT2D eigenvalue weighted by Gasteiger charge is 2.57. The van der Waals surface area contributed by atoms with Gasteiger partial charge >= 0.3 is 5.97 Å². The third-order valence-electron chi connectivity index (χ3n) is 8.13. The summed E-state index contributed by atoms with van der Waals surface area (Å²) in [5.74, 6) is 0.319. The number of esters is 1. The van der Waals surface area contributed by atoms with Crippen LogP contribution in [0, 0.1) is 11.3 Å². The molecule has 0 unspecified atom stereocenters. The van der Waals surface area contributed by atoms with Crippen LogP contribution in [-0.4, -0.2) is 41.2 Å². The van der Waals surface area contributed by atoms with Gasteiger partial charge in [0.25, 0.3) is 0 Å². The smallest absolute Gasteiger partial charge is 0.311 e. The van der Waals surface area contributed by atoms with Crippen LogP contribution >= 0.6 is 23.2 Å². The number of nitrogens with zero attached hydrogens (tertiary/aromatic N) is 3. The van der Waals surface area contributed by atoms with Crippen LogP contribution in [0.25, 0.3) is 11.0 Å². The van der Waals surface area contributed by atoms with Crippen molar-refractivity contribution < 1.29 is 9.53 Å². The van der Waals surface area contributed by atoms with Crippen LogP contribution < -0.4 is 5.32 Å². The average Bonchev–Trinajstić information content (AvgIpc) is 3.19. The molecule has 0 spiro atoms. The van der Waals surface area contributed by atoms with E-state index in [-0.39, 0.29) is 22.8 Å². The quantitative estimate of drug-likeness (QED) is 0.462. The number of aryl methyl sites for hydroxylation is 1. The molecule has 8 heteroatoms. The van der Waals surface area contributed by atoms with Gasteiger partial charge in [-0.05, 0) is 73.9 Å². The molecule has 2 aliphatic rings. The molecule has 5 rings (SSSR count). The number of hydrogen-bond donors (Lipinski definition) is 1. The highest BCUT2D eigenvalue weighted by molar-refractivity contribution is 6.35. The molecule has 2 aromatic carbocycles. The summed E-state index contributed by atoms with van der Waals surface area (Å²) in [5.41, 5.74) is 4.99. The maximum absolute atomic E-state index is 12.3. The van der Waals surface area contributed by atoms with Crippen molar-refractivity contribution in [3.63, 3.8) is 0 Å². The first kappa shape index (κ1) is 23.6. The second-order valence-corrected chi connectivity index (χ2v) is 11.0. The van der Waals surface area contributed by atoms with Crippen molar-refractivity contribution >= 4 is 40.2 Å². The van der Waals surface area contributed by atoms with E-state index in [0.717, 1.165) is 48.9 Å². The maximum atomic E-state index is 12.3. The van der Waals surface area contributed by atoms with E-state index >= 15 is 0 Å². The normalized spacial score (nSPS) is 24.4. The molecule has 2 fully saturated rings. The van der Waals surface area contributed by atoms with Crippen molar-refractivity contribution in [2.24, 2.45) is 11.3 Å². The van der Waals surface area contributed by atoms with Gasteiger partial charge in [0.15, 0.2) is 0 Å². The van der Waals surface area contributed by atoms with Crippen LogP contribution in [0.4, 0.5) is 0 Å². The topological polar surface area (TPSA) is 69.0 Å². The molecule has 1 aromatic heterocycles. The number of ether oxygens (including phenoxy) is 1. The predicted molar refractivity (Wildman–Crippen MR) is 135 cm³/mol. The van der Waals surface area contributed by atoms with Crippen molar-refractivity contribution in [1.82, 2.24) is 20.3 Å². The summed E-state index contributed by atoms with van der Waals surface area (Å²) in [5, 5.41) is 13.8. The molecular weight excluding hydrogens is 471 g/mol. The standard InChI is InChI=1S/C26H30Cl2N4O2/c1-5-16-8-17(26(13-29-14-26)18-11-25(3,12-18)24(33)34-4)9-22-23(16)30-31-32(22)15(2)20-7-6-19(27)10-21(20)28/h6-10,15,18,29H,5,11-14H2,1-4H3/t15-,18?,25?/m1/s1. The van der Waals surface area contributed by atoms with E-state index in [4.69, 9.17) is 27.9 Å². The lowest BCUT2D eigenvalue weighted by Gasteiger charge is -2.57. The number of fused-ring (bicyclic) bond motifs is 1. The Balaban J connectivity index is 1.56. The fourth-order valence-electron chi connectivity index (χ4n) is 5.88. The summed E-state index contributed by atoms with van der Waals surface area (Å²) in [7, 11) is 1.48. The zero-order chi connectivity index (χ0) is 24.3. The zero-order valence-corrected chi connectivity index (χ0v) is 21.5. The lowest BCUT2D eigenvalue weighted by atomic mass is 9.50. The first-order valence-electron chi connectivity index (χ1n) is 11.8. The molecular formula is C26H30Cl2N4O2. The Hall–Kier alpha value is -2.15. The molecule has 1 saturated heterocycles. The third-order valence-corrected chi connectivity index (χ3v) is 8.69. The number of rotatable bonds is 6. The van der Waals surface area contributed by atoms with Gasteiger partial charge in [-0.25, -0.2) is 4.68 Å². The van der Waals surface area contributed by atoms with Gasteiger partial charge in [-0.1, -0.05) is 47.5 Å². The van der Waals surface area contributed by atoms with Crippen LogP contribution in [0.5, 0.6) is 0 Å². The Morgan fingerprint density at radius 2 is 2.00 bits per heavy atom. The number of benzene rings is 2. The monoisotopic (exact) mass is 500 g/mol. The van der Waals surface area contributed by atoms with E-state index < -0.39 is 0 Å². The lowest BCUT2D eigenvalue weighted by Crippen LogP contribution is -2.65. The summed E-state index contributed by atoms with van der Waals surface area (Å²) in [6.45, 7) is 8.07. The average molecular weight is 501 g/mol. The summed E-state index contributed by atoms with van der Waals surface area (Å²) in [6.07, 6.45) is 2.55. The van der Waals surface area contributed by atoms with Crippen LogP contribution in [0.2, 0.25) is 10.0 Å². The number of nitrogens with one attached hydrogen (secondary N) is 1. The summed E-state index contributed by atoms with van der Waals surface area (Å²) < 4.78 is 7.03. The number of aromatic nitrogens is 3. The molecule has 0 radical (unpaired) electrons. The van der Waals surface area contributed by atoms with Gasteiger partial charge in [-0.2, -0.15) is 0 Å². The molecule has 2 heterocycles. The largest absolute Gasteiger partial charge is 0.469 e. The number of hydrogen-bond acceptors (Lipinski definition) is 5. The van der Waals surface area contributed by atoms with Crippen molar-refractivity contribution in [3.8, 4) is 0 Å². The summed E-state index contributed by atoms with van der Waals surface area (Å²) in [6, 6.07) is 10.0. The Morgan fingerprint density at radius 3 is 2.59 bits per heavy atom. The van der Waals surface area contributed by atoms with E-state index in [1.54, 1.807) is 6.07 Å².